The Morgan fingerprint density at radius 2 is 1.00 bits per heavy atom. The molecule has 0 radical (unpaired) electrons. The topological polar surface area (TPSA) is 0 Å². The van der Waals surface area contributed by atoms with Gasteiger partial charge < -0.3 is 0 Å². The van der Waals surface area contributed by atoms with Gasteiger partial charge in [-0.3, -0.25) is 0 Å². The van der Waals surface area contributed by atoms with Crippen LogP contribution in [0.25, 0.3) is 11.1 Å². The Balaban J connectivity index is 1.88. The molecule has 0 fully saturated rings. The first-order valence-corrected chi connectivity index (χ1v) is 11.0. The van der Waals surface area contributed by atoms with E-state index in [-0.39, 0.29) is 0 Å². The summed E-state index contributed by atoms with van der Waals surface area (Å²) >= 11 is -1.08. The first kappa shape index (κ1) is 12.9. The average molecular weight is 332 g/mol. The van der Waals surface area contributed by atoms with E-state index in [9.17, 15) is 0 Å². The van der Waals surface area contributed by atoms with Crippen molar-refractivity contribution in [1.82, 2.24) is 0 Å². The van der Waals surface area contributed by atoms with Crippen molar-refractivity contribution in [3.63, 3.8) is 0 Å². The van der Waals surface area contributed by atoms with Gasteiger partial charge in [-0.2, -0.15) is 0 Å². The molecule has 3 aromatic rings. The molecule has 0 aliphatic carbocycles. The van der Waals surface area contributed by atoms with Crippen LogP contribution in [-0.2, 0) is 10.4 Å². The molecule has 0 spiro atoms. The van der Waals surface area contributed by atoms with Crippen molar-refractivity contribution < 1.29 is 0 Å². The maximum atomic E-state index is 2.33. The summed E-state index contributed by atoms with van der Waals surface area (Å²) in [5.74, 6) is 0. The molecule has 0 N–H and O–H groups in total. The molecular weight excluding hydrogens is 315 g/mol. The van der Waals surface area contributed by atoms with Gasteiger partial charge in [-0.05, 0) is 0 Å². The zero-order valence-electron chi connectivity index (χ0n) is 11.9. The quantitative estimate of drug-likeness (QED) is 0.592. The van der Waals surface area contributed by atoms with Crippen LogP contribution in [-0.4, -0.2) is 14.7 Å². The summed E-state index contributed by atoms with van der Waals surface area (Å²) < 4.78 is 1.59. The number of fused-ring (bicyclic) bond motifs is 3. The molecule has 3 aromatic carbocycles. The molecule has 0 nitrogen and oxygen atoms in total. The van der Waals surface area contributed by atoms with Crippen molar-refractivity contribution in [2.75, 3.05) is 0 Å². The van der Waals surface area contributed by atoms with E-state index in [4.69, 9.17) is 0 Å². The first-order valence-electron chi connectivity index (χ1n) is 7.38. The predicted octanol–water partition coefficient (Wildman–Crippen LogP) is 3.93. The van der Waals surface area contributed by atoms with E-state index in [1.807, 2.05) is 0 Å². The van der Waals surface area contributed by atoms with Crippen LogP contribution in [0.1, 0.15) is 11.1 Å². The van der Waals surface area contributed by atoms with Crippen LogP contribution in [0, 0.1) is 0 Å². The second-order valence-electron chi connectivity index (χ2n) is 5.51. The summed E-state index contributed by atoms with van der Waals surface area (Å²) in [6.07, 6.45) is 0. The third-order valence-electron chi connectivity index (χ3n) is 4.17. The van der Waals surface area contributed by atoms with Crippen molar-refractivity contribution in [3.05, 3.63) is 90.0 Å². The standard InChI is InChI=1S/C20H17As/c1-2-10-18(11-3-1)21-14-16-8-4-6-12-19(16)20-13-7-5-9-17(20)15-21/h1-13H,14-15H2. The molecule has 21 heavy (non-hydrogen) atoms. The van der Waals surface area contributed by atoms with E-state index in [1.165, 1.54) is 32.7 Å². The normalized spacial score (nSPS) is 14.1. The third-order valence-corrected chi connectivity index (χ3v) is 9.36. The van der Waals surface area contributed by atoms with Crippen LogP contribution >= 0.6 is 0 Å². The average Bonchev–Trinajstić information content (AvgIpc) is 2.72. The monoisotopic (exact) mass is 332 g/mol. The Labute approximate surface area is 130 Å². The van der Waals surface area contributed by atoms with Gasteiger partial charge in [0.05, 0.1) is 0 Å². The SMILES string of the molecule is c1ccc([As]2Cc3ccccc3-c3ccccc3C2)cc1. The Morgan fingerprint density at radius 1 is 0.524 bits per heavy atom. The van der Waals surface area contributed by atoms with Crippen molar-refractivity contribution in [1.29, 1.82) is 0 Å². The molecule has 102 valence electrons. The van der Waals surface area contributed by atoms with E-state index in [0.717, 1.165) is 0 Å². The van der Waals surface area contributed by atoms with Gasteiger partial charge >= 0.3 is 131 Å². The van der Waals surface area contributed by atoms with Crippen LogP contribution in [0.2, 0.25) is 0 Å². The summed E-state index contributed by atoms with van der Waals surface area (Å²) in [5.41, 5.74) is 5.96. The molecule has 1 heteroatoms. The molecule has 1 heterocycles. The maximum absolute atomic E-state index is 2.33. The molecule has 0 amide bonds. The molecule has 1 aliphatic rings. The fourth-order valence-electron chi connectivity index (χ4n) is 3.13. The molecule has 0 saturated carbocycles. The van der Waals surface area contributed by atoms with Gasteiger partial charge in [0.25, 0.3) is 0 Å². The van der Waals surface area contributed by atoms with Gasteiger partial charge in [-0.1, -0.05) is 0 Å². The van der Waals surface area contributed by atoms with Gasteiger partial charge in [0.15, 0.2) is 0 Å². The number of rotatable bonds is 1. The Hall–Kier alpha value is -1.78. The summed E-state index contributed by atoms with van der Waals surface area (Å²) in [5, 5.41) is 2.53. The summed E-state index contributed by atoms with van der Waals surface area (Å²) in [6.45, 7) is 0. The molecule has 0 aromatic heterocycles. The van der Waals surface area contributed by atoms with Crippen molar-refractivity contribution in [3.8, 4) is 11.1 Å². The molecule has 0 bridgehead atoms. The number of hydrogen-bond acceptors (Lipinski definition) is 0. The van der Waals surface area contributed by atoms with Gasteiger partial charge in [-0.15, -0.1) is 0 Å². The minimum absolute atomic E-state index is 1.08. The minimum atomic E-state index is -1.08. The summed E-state index contributed by atoms with van der Waals surface area (Å²) in [4.78, 5) is 0. The zero-order valence-corrected chi connectivity index (χ0v) is 13.7. The Bertz CT molecular complexity index is 714. The predicted molar refractivity (Wildman–Crippen MR) is 91.1 cm³/mol. The van der Waals surface area contributed by atoms with E-state index in [1.54, 1.807) is 4.35 Å². The Morgan fingerprint density at radius 3 is 1.57 bits per heavy atom. The summed E-state index contributed by atoms with van der Waals surface area (Å²) in [7, 11) is 0. The second-order valence-corrected chi connectivity index (χ2v) is 10.2. The zero-order chi connectivity index (χ0) is 14.1. The van der Waals surface area contributed by atoms with Crippen LogP contribution in [0.15, 0.2) is 78.9 Å². The van der Waals surface area contributed by atoms with Crippen LogP contribution in [0.5, 0.6) is 0 Å². The molecule has 4 rings (SSSR count). The van der Waals surface area contributed by atoms with Gasteiger partial charge in [0, 0.05) is 0 Å². The third kappa shape index (κ3) is 2.45. The van der Waals surface area contributed by atoms with Gasteiger partial charge in [0.2, 0.25) is 0 Å². The van der Waals surface area contributed by atoms with E-state index in [0.29, 0.717) is 0 Å². The number of benzene rings is 3. The van der Waals surface area contributed by atoms with Crippen LogP contribution in [0.3, 0.4) is 0 Å². The first-order chi connectivity index (χ1) is 10.4. The molecule has 0 saturated heterocycles. The van der Waals surface area contributed by atoms with Crippen molar-refractivity contribution in [2.45, 2.75) is 10.4 Å². The molecular formula is C20H17As. The van der Waals surface area contributed by atoms with E-state index >= 15 is 0 Å². The fourth-order valence-corrected chi connectivity index (χ4v) is 8.26. The van der Waals surface area contributed by atoms with Crippen LogP contribution < -0.4 is 4.35 Å². The van der Waals surface area contributed by atoms with Gasteiger partial charge in [-0.25, -0.2) is 0 Å². The fraction of sp³-hybridized carbons (Fsp3) is 0.100. The van der Waals surface area contributed by atoms with E-state index in [2.05, 4.69) is 78.9 Å². The molecule has 0 atom stereocenters. The van der Waals surface area contributed by atoms with Gasteiger partial charge in [0.1, 0.15) is 0 Å². The number of hydrogen-bond donors (Lipinski definition) is 0. The van der Waals surface area contributed by atoms with Crippen molar-refractivity contribution >= 4 is 19.0 Å². The van der Waals surface area contributed by atoms with Crippen LogP contribution in [0.4, 0.5) is 0 Å². The second kappa shape index (κ2) is 5.54. The molecule has 1 aliphatic heterocycles. The summed E-state index contributed by atoms with van der Waals surface area (Å²) in [6, 6.07) is 29.1. The van der Waals surface area contributed by atoms with E-state index < -0.39 is 14.7 Å². The van der Waals surface area contributed by atoms with Crippen molar-refractivity contribution in [2.24, 2.45) is 0 Å². The molecule has 0 unspecified atom stereocenters. The Kier molecular flexibility index (Phi) is 3.41.